The minimum absolute atomic E-state index is 0.0465. The average Bonchev–Trinajstić information content (AvgIpc) is 3.19. The SMILES string of the molecule is Cc1cc(Cl)ccc1N(CC(=O)Nc1ccc(S(=O)(=O)N2CCCCCC2)cc1)S(=O)(=O)c1ccccc1. The van der Waals surface area contributed by atoms with Gasteiger partial charge in [-0.05, 0) is 79.9 Å². The van der Waals surface area contributed by atoms with E-state index in [1.807, 2.05) is 0 Å². The van der Waals surface area contributed by atoms with Crippen molar-refractivity contribution in [1.29, 1.82) is 0 Å². The number of nitrogens with one attached hydrogen (secondary N) is 1. The molecule has 1 saturated heterocycles. The van der Waals surface area contributed by atoms with Crippen LogP contribution in [0.15, 0.2) is 82.6 Å². The fraction of sp³-hybridized carbons (Fsp3) is 0.296. The van der Waals surface area contributed by atoms with Crippen LogP contribution in [0.1, 0.15) is 31.2 Å². The van der Waals surface area contributed by atoms with Gasteiger partial charge in [-0.2, -0.15) is 4.31 Å². The predicted octanol–water partition coefficient (Wildman–Crippen LogP) is 5.05. The van der Waals surface area contributed by atoms with Crippen molar-refractivity contribution in [2.24, 2.45) is 0 Å². The number of benzene rings is 3. The summed E-state index contributed by atoms with van der Waals surface area (Å²) in [5.41, 5.74) is 1.27. The molecule has 1 aliphatic heterocycles. The topological polar surface area (TPSA) is 104 Å². The minimum atomic E-state index is -4.07. The summed E-state index contributed by atoms with van der Waals surface area (Å²) in [7, 11) is -7.70. The quantitative estimate of drug-likeness (QED) is 0.405. The highest BCUT2D eigenvalue weighted by molar-refractivity contribution is 7.92. The number of nitrogens with zero attached hydrogens (tertiary/aromatic N) is 2. The number of hydrogen-bond donors (Lipinski definition) is 1. The van der Waals surface area contributed by atoms with E-state index in [2.05, 4.69) is 5.32 Å². The van der Waals surface area contributed by atoms with Gasteiger partial charge in [0, 0.05) is 23.8 Å². The van der Waals surface area contributed by atoms with Gasteiger partial charge in [-0.1, -0.05) is 42.6 Å². The Kier molecular flexibility index (Phi) is 8.77. The van der Waals surface area contributed by atoms with E-state index in [0.29, 0.717) is 35.1 Å². The lowest BCUT2D eigenvalue weighted by Gasteiger charge is -2.25. The van der Waals surface area contributed by atoms with Crippen LogP contribution in [0.5, 0.6) is 0 Å². The number of amides is 1. The Hall–Kier alpha value is -2.92. The first kappa shape index (κ1) is 28.1. The molecule has 1 amide bonds. The van der Waals surface area contributed by atoms with E-state index in [0.717, 1.165) is 30.0 Å². The number of carbonyl (C=O) groups is 1. The predicted molar refractivity (Wildman–Crippen MR) is 149 cm³/mol. The molecule has 1 aliphatic rings. The van der Waals surface area contributed by atoms with E-state index in [1.54, 1.807) is 43.3 Å². The van der Waals surface area contributed by atoms with Gasteiger partial charge < -0.3 is 5.32 Å². The van der Waals surface area contributed by atoms with Crippen LogP contribution in [-0.2, 0) is 24.8 Å². The zero-order chi connectivity index (χ0) is 27.3. The van der Waals surface area contributed by atoms with Crippen molar-refractivity contribution in [1.82, 2.24) is 4.31 Å². The molecule has 1 N–H and O–H groups in total. The number of carbonyl (C=O) groups excluding carboxylic acids is 1. The smallest absolute Gasteiger partial charge is 0.264 e. The highest BCUT2D eigenvalue weighted by atomic mass is 35.5. The van der Waals surface area contributed by atoms with Crippen LogP contribution in [0.25, 0.3) is 0 Å². The highest BCUT2D eigenvalue weighted by Crippen LogP contribution is 2.29. The van der Waals surface area contributed by atoms with Crippen LogP contribution >= 0.6 is 11.6 Å². The van der Waals surface area contributed by atoms with Crippen molar-refractivity contribution < 1.29 is 21.6 Å². The van der Waals surface area contributed by atoms with Crippen molar-refractivity contribution in [3.05, 3.63) is 83.4 Å². The van der Waals surface area contributed by atoms with E-state index in [9.17, 15) is 21.6 Å². The Morgan fingerprint density at radius 3 is 2.11 bits per heavy atom. The molecule has 11 heteroatoms. The zero-order valence-electron chi connectivity index (χ0n) is 21.0. The maximum Gasteiger partial charge on any atom is 0.264 e. The van der Waals surface area contributed by atoms with Crippen molar-refractivity contribution in [2.75, 3.05) is 29.3 Å². The van der Waals surface area contributed by atoms with E-state index in [1.165, 1.54) is 40.7 Å². The molecule has 1 heterocycles. The molecule has 0 bridgehead atoms. The lowest BCUT2D eigenvalue weighted by atomic mass is 10.2. The van der Waals surface area contributed by atoms with Crippen molar-refractivity contribution in [2.45, 2.75) is 42.4 Å². The Morgan fingerprint density at radius 2 is 1.50 bits per heavy atom. The van der Waals surface area contributed by atoms with Gasteiger partial charge in [-0.15, -0.1) is 0 Å². The first-order valence-corrected chi connectivity index (χ1v) is 15.6. The fourth-order valence-electron chi connectivity index (χ4n) is 4.39. The molecule has 0 atom stereocenters. The summed E-state index contributed by atoms with van der Waals surface area (Å²) in [5.74, 6) is -0.581. The van der Waals surface area contributed by atoms with Crippen molar-refractivity contribution in [3.8, 4) is 0 Å². The molecule has 0 spiro atoms. The summed E-state index contributed by atoms with van der Waals surface area (Å²) in [6, 6.07) is 18.6. The molecule has 0 aromatic heterocycles. The molecule has 202 valence electrons. The Bertz CT molecular complexity index is 1490. The van der Waals surface area contributed by atoms with Gasteiger partial charge in [0.15, 0.2) is 0 Å². The van der Waals surface area contributed by atoms with E-state index in [-0.39, 0.29) is 9.79 Å². The first-order valence-electron chi connectivity index (χ1n) is 12.3. The normalized spacial score (nSPS) is 15.0. The van der Waals surface area contributed by atoms with Gasteiger partial charge in [-0.3, -0.25) is 9.10 Å². The number of rotatable bonds is 8. The molecule has 3 aromatic carbocycles. The number of aryl methyl sites for hydroxylation is 1. The van der Waals surface area contributed by atoms with Crippen LogP contribution in [0, 0.1) is 6.92 Å². The van der Waals surface area contributed by atoms with Crippen LogP contribution in [0.4, 0.5) is 11.4 Å². The maximum absolute atomic E-state index is 13.5. The molecule has 0 radical (unpaired) electrons. The van der Waals surface area contributed by atoms with E-state index < -0.39 is 32.5 Å². The third-order valence-corrected chi connectivity index (χ3v) is 10.3. The van der Waals surface area contributed by atoms with E-state index >= 15 is 0 Å². The number of anilines is 2. The van der Waals surface area contributed by atoms with Gasteiger partial charge in [0.2, 0.25) is 15.9 Å². The van der Waals surface area contributed by atoms with E-state index in [4.69, 9.17) is 11.6 Å². The Labute approximate surface area is 229 Å². The molecule has 0 unspecified atom stereocenters. The second-order valence-corrected chi connectivity index (χ2v) is 13.4. The second-order valence-electron chi connectivity index (χ2n) is 9.15. The van der Waals surface area contributed by atoms with Crippen LogP contribution in [0.2, 0.25) is 5.02 Å². The van der Waals surface area contributed by atoms with Crippen LogP contribution in [-0.4, -0.2) is 46.7 Å². The van der Waals surface area contributed by atoms with Gasteiger partial charge in [0.1, 0.15) is 6.54 Å². The molecule has 38 heavy (non-hydrogen) atoms. The Balaban J connectivity index is 1.55. The number of halogens is 1. The number of hydrogen-bond acceptors (Lipinski definition) is 5. The zero-order valence-corrected chi connectivity index (χ0v) is 23.4. The minimum Gasteiger partial charge on any atom is -0.325 e. The lowest BCUT2D eigenvalue weighted by Crippen LogP contribution is -2.38. The molecule has 0 aliphatic carbocycles. The summed E-state index contributed by atoms with van der Waals surface area (Å²) in [5, 5.41) is 3.13. The van der Waals surface area contributed by atoms with Gasteiger partial charge in [-0.25, -0.2) is 16.8 Å². The number of sulfonamides is 2. The summed E-state index contributed by atoms with van der Waals surface area (Å²) >= 11 is 6.08. The maximum atomic E-state index is 13.5. The van der Waals surface area contributed by atoms with Gasteiger partial charge in [0.05, 0.1) is 15.5 Å². The third-order valence-electron chi connectivity index (χ3n) is 6.39. The summed E-state index contributed by atoms with van der Waals surface area (Å²) in [6.45, 7) is 2.22. The average molecular weight is 576 g/mol. The second kappa shape index (κ2) is 11.9. The van der Waals surface area contributed by atoms with Crippen molar-refractivity contribution in [3.63, 3.8) is 0 Å². The molecular formula is C27H30ClN3O5S2. The molecular weight excluding hydrogens is 546 g/mol. The first-order chi connectivity index (χ1) is 18.1. The third kappa shape index (κ3) is 6.37. The molecule has 1 fully saturated rings. The monoisotopic (exact) mass is 575 g/mol. The lowest BCUT2D eigenvalue weighted by molar-refractivity contribution is -0.114. The highest BCUT2D eigenvalue weighted by Gasteiger charge is 2.29. The molecule has 0 saturated carbocycles. The molecule has 8 nitrogen and oxygen atoms in total. The largest absolute Gasteiger partial charge is 0.325 e. The molecule has 4 rings (SSSR count). The Morgan fingerprint density at radius 1 is 0.868 bits per heavy atom. The summed E-state index contributed by atoms with van der Waals surface area (Å²) < 4.78 is 55.7. The summed E-state index contributed by atoms with van der Waals surface area (Å²) in [4.78, 5) is 13.3. The van der Waals surface area contributed by atoms with Gasteiger partial charge >= 0.3 is 0 Å². The molecule has 3 aromatic rings. The van der Waals surface area contributed by atoms with Gasteiger partial charge in [0.25, 0.3) is 10.0 Å². The van der Waals surface area contributed by atoms with Crippen LogP contribution in [0.3, 0.4) is 0 Å². The van der Waals surface area contributed by atoms with Crippen LogP contribution < -0.4 is 9.62 Å². The van der Waals surface area contributed by atoms with Crippen molar-refractivity contribution >= 4 is 48.9 Å². The standard InChI is InChI=1S/C27H30ClN3O5S2/c1-21-19-22(28)11-16-26(21)31(38(35,36)24-9-5-4-6-10-24)20-27(32)29-23-12-14-25(15-13-23)37(33,34)30-17-7-2-3-8-18-30/h4-6,9-16,19H,2-3,7-8,17-18,20H2,1H3,(H,29,32). The fourth-order valence-corrected chi connectivity index (χ4v) is 7.64. The summed E-state index contributed by atoms with van der Waals surface area (Å²) in [6.07, 6.45) is 3.71.